The number of fused-ring (bicyclic) bond motifs is 1. The van der Waals surface area contributed by atoms with Gasteiger partial charge in [-0.05, 0) is 73.9 Å². The van der Waals surface area contributed by atoms with E-state index >= 15 is 0 Å². The molecular formula is C28H29BrN4O2. The molecule has 0 aliphatic heterocycles. The number of para-hydroxylation sites is 1. The van der Waals surface area contributed by atoms with Gasteiger partial charge in [-0.15, -0.1) is 0 Å². The van der Waals surface area contributed by atoms with Crippen LogP contribution in [0, 0.1) is 0 Å². The summed E-state index contributed by atoms with van der Waals surface area (Å²) >= 11 is 3.47. The first-order valence-electron chi connectivity index (χ1n) is 11.9. The first-order chi connectivity index (χ1) is 17.0. The molecule has 3 aromatic carbocycles. The Hall–Kier alpha value is -3.45. The second kappa shape index (κ2) is 10.9. The van der Waals surface area contributed by atoms with Crippen LogP contribution in [0.25, 0.3) is 16.6 Å². The van der Waals surface area contributed by atoms with E-state index in [1.807, 2.05) is 80.6 Å². The normalized spacial score (nSPS) is 11.9. The third-order valence-corrected chi connectivity index (χ3v) is 6.69. The van der Waals surface area contributed by atoms with E-state index < -0.39 is 6.04 Å². The van der Waals surface area contributed by atoms with E-state index in [4.69, 9.17) is 4.98 Å². The average molecular weight is 533 g/mol. The van der Waals surface area contributed by atoms with E-state index in [0.29, 0.717) is 35.4 Å². The second-order valence-corrected chi connectivity index (χ2v) is 9.21. The summed E-state index contributed by atoms with van der Waals surface area (Å²) in [6.07, 6.45) is 1.53. The Morgan fingerprint density at radius 1 is 1.00 bits per heavy atom. The predicted molar refractivity (Wildman–Crippen MR) is 145 cm³/mol. The number of benzene rings is 3. The number of carbonyl (C=O) groups excluding carboxylic acids is 1. The molecule has 1 aromatic heterocycles. The summed E-state index contributed by atoms with van der Waals surface area (Å²) in [6.45, 7) is 6.50. The molecule has 2 amide bonds. The van der Waals surface area contributed by atoms with Crippen LogP contribution in [0.2, 0.25) is 0 Å². The molecule has 180 valence electrons. The molecular weight excluding hydrogens is 504 g/mol. The van der Waals surface area contributed by atoms with Gasteiger partial charge in [0.05, 0.1) is 22.6 Å². The molecule has 1 heterocycles. The Labute approximate surface area is 213 Å². The molecule has 0 radical (unpaired) electrons. The van der Waals surface area contributed by atoms with Crippen molar-refractivity contribution in [3.63, 3.8) is 0 Å². The molecule has 0 saturated carbocycles. The summed E-state index contributed by atoms with van der Waals surface area (Å²) in [5.74, 6) is 0.539. The van der Waals surface area contributed by atoms with Gasteiger partial charge >= 0.3 is 6.03 Å². The highest BCUT2D eigenvalue weighted by atomic mass is 79.9. The van der Waals surface area contributed by atoms with E-state index in [1.165, 1.54) is 5.56 Å². The molecule has 1 atom stereocenters. The fraction of sp³-hybridized carbons (Fsp3) is 0.250. The maximum Gasteiger partial charge on any atom is 0.322 e. The van der Waals surface area contributed by atoms with E-state index in [9.17, 15) is 9.59 Å². The molecule has 7 heteroatoms. The SMILES string of the molecule is CCc1ccc(NC(=O)N(CC)C(CC)c2nc3ccccc3c(=O)n2-c2ccc(Br)cc2)cc1. The van der Waals surface area contributed by atoms with Crippen LogP contribution in [0.15, 0.2) is 82.1 Å². The summed E-state index contributed by atoms with van der Waals surface area (Å²) in [4.78, 5) is 33.7. The summed E-state index contributed by atoms with van der Waals surface area (Å²) in [7, 11) is 0. The number of nitrogens with zero attached hydrogens (tertiary/aromatic N) is 3. The Balaban J connectivity index is 1.80. The molecule has 0 spiro atoms. The van der Waals surface area contributed by atoms with Crippen LogP contribution in [0.4, 0.5) is 10.5 Å². The Morgan fingerprint density at radius 2 is 1.69 bits per heavy atom. The van der Waals surface area contributed by atoms with Crippen LogP contribution in [0.1, 0.15) is 44.6 Å². The first-order valence-corrected chi connectivity index (χ1v) is 12.7. The zero-order chi connectivity index (χ0) is 24.9. The number of rotatable bonds is 7. The molecule has 6 nitrogen and oxygen atoms in total. The molecule has 1 unspecified atom stereocenters. The van der Waals surface area contributed by atoms with Gasteiger partial charge in [-0.3, -0.25) is 9.36 Å². The standard InChI is InChI=1S/C28H29BrN4O2/c1-4-19-11-15-21(16-12-19)30-28(35)32(6-3)25(5-2)26-31-24-10-8-7-9-23(24)27(34)33(26)22-17-13-20(29)14-18-22/h7-18,25H,4-6H2,1-3H3,(H,30,35). The molecule has 4 aromatic rings. The van der Waals surface area contributed by atoms with Gasteiger partial charge in [-0.25, -0.2) is 9.78 Å². The molecule has 0 bridgehead atoms. The van der Waals surface area contributed by atoms with Gasteiger partial charge in [-0.1, -0.05) is 54.0 Å². The lowest BCUT2D eigenvalue weighted by Gasteiger charge is -2.31. The number of nitrogens with one attached hydrogen (secondary N) is 1. The molecule has 0 fully saturated rings. The minimum absolute atomic E-state index is 0.155. The van der Waals surface area contributed by atoms with Crippen LogP contribution < -0.4 is 10.9 Å². The third kappa shape index (κ3) is 5.15. The van der Waals surface area contributed by atoms with Crippen molar-refractivity contribution in [2.24, 2.45) is 0 Å². The minimum Gasteiger partial charge on any atom is -0.315 e. The number of halogens is 1. The van der Waals surface area contributed by atoms with E-state index in [-0.39, 0.29) is 11.6 Å². The quantitative estimate of drug-likeness (QED) is 0.287. The smallest absolute Gasteiger partial charge is 0.315 e. The van der Waals surface area contributed by atoms with Gasteiger partial charge < -0.3 is 10.2 Å². The van der Waals surface area contributed by atoms with Crippen LogP contribution >= 0.6 is 15.9 Å². The fourth-order valence-corrected chi connectivity index (χ4v) is 4.54. The largest absolute Gasteiger partial charge is 0.322 e. The van der Waals surface area contributed by atoms with Gasteiger partial charge in [0.1, 0.15) is 5.82 Å². The number of carbonyl (C=O) groups is 1. The number of aromatic nitrogens is 2. The number of hydrogen-bond acceptors (Lipinski definition) is 3. The molecule has 4 rings (SSSR count). The van der Waals surface area contributed by atoms with Crippen molar-refractivity contribution >= 4 is 38.6 Å². The number of aryl methyl sites for hydroxylation is 1. The molecule has 1 N–H and O–H groups in total. The number of urea groups is 1. The molecule has 0 saturated heterocycles. The lowest BCUT2D eigenvalue weighted by Crippen LogP contribution is -2.40. The predicted octanol–water partition coefficient (Wildman–Crippen LogP) is 6.72. The highest BCUT2D eigenvalue weighted by molar-refractivity contribution is 9.10. The van der Waals surface area contributed by atoms with Gasteiger partial charge in [-0.2, -0.15) is 0 Å². The van der Waals surface area contributed by atoms with Crippen molar-refractivity contribution in [1.29, 1.82) is 0 Å². The van der Waals surface area contributed by atoms with Crippen LogP contribution in [0.5, 0.6) is 0 Å². The molecule has 0 aliphatic carbocycles. The van der Waals surface area contributed by atoms with Crippen LogP contribution in [0.3, 0.4) is 0 Å². The van der Waals surface area contributed by atoms with Crippen molar-refractivity contribution in [2.75, 3.05) is 11.9 Å². The number of anilines is 1. The lowest BCUT2D eigenvalue weighted by molar-refractivity contribution is 0.185. The monoisotopic (exact) mass is 532 g/mol. The third-order valence-electron chi connectivity index (χ3n) is 6.16. The lowest BCUT2D eigenvalue weighted by atomic mass is 10.1. The van der Waals surface area contributed by atoms with Gasteiger partial charge in [0.15, 0.2) is 0 Å². The van der Waals surface area contributed by atoms with Gasteiger partial charge in [0.25, 0.3) is 5.56 Å². The van der Waals surface area contributed by atoms with Crippen LogP contribution in [-0.4, -0.2) is 27.0 Å². The van der Waals surface area contributed by atoms with Crippen molar-refractivity contribution in [3.8, 4) is 5.69 Å². The van der Waals surface area contributed by atoms with E-state index in [0.717, 1.165) is 16.6 Å². The maximum atomic E-state index is 13.7. The molecule has 0 aliphatic rings. The number of hydrogen-bond donors (Lipinski definition) is 1. The fourth-order valence-electron chi connectivity index (χ4n) is 4.28. The van der Waals surface area contributed by atoms with Crippen molar-refractivity contribution in [3.05, 3.63) is 99.0 Å². The van der Waals surface area contributed by atoms with Crippen molar-refractivity contribution in [2.45, 2.75) is 39.7 Å². The maximum absolute atomic E-state index is 13.7. The van der Waals surface area contributed by atoms with Crippen LogP contribution in [-0.2, 0) is 6.42 Å². The van der Waals surface area contributed by atoms with Gasteiger partial charge in [0, 0.05) is 16.7 Å². The van der Waals surface area contributed by atoms with E-state index in [2.05, 4.69) is 28.2 Å². The Kier molecular flexibility index (Phi) is 7.66. The van der Waals surface area contributed by atoms with Crippen molar-refractivity contribution in [1.82, 2.24) is 14.5 Å². The van der Waals surface area contributed by atoms with Gasteiger partial charge in [0.2, 0.25) is 0 Å². The summed E-state index contributed by atoms with van der Waals surface area (Å²) in [5, 5.41) is 3.55. The van der Waals surface area contributed by atoms with E-state index in [1.54, 1.807) is 15.5 Å². The molecule has 35 heavy (non-hydrogen) atoms. The second-order valence-electron chi connectivity index (χ2n) is 8.29. The highest BCUT2D eigenvalue weighted by Gasteiger charge is 2.28. The summed E-state index contributed by atoms with van der Waals surface area (Å²) in [6, 6.07) is 22.1. The Bertz CT molecular complexity index is 1380. The highest BCUT2D eigenvalue weighted by Crippen LogP contribution is 2.27. The summed E-state index contributed by atoms with van der Waals surface area (Å²) < 4.78 is 2.55. The summed E-state index contributed by atoms with van der Waals surface area (Å²) in [5.41, 5.74) is 3.11. The zero-order valence-electron chi connectivity index (χ0n) is 20.2. The minimum atomic E-state index is -0.407. The number of amides is 2. The topological polar surface area (TPSA) is 67.2 Å². The van der Waals surface area contributed by atoms with Crippen molar-refractivity contribution < 1.29 is 4.79 Å². The average Bonchev–Trinajstić information content (AvgIpc) is 2.88. The first kappa shape index (κ1) is 24.7. The zero-order valence-corrected chi connectivity index (χ0v) is 21.7. The Morgan fingerprint density at radius 3 is 2.31 bits per heavy atom.